The highest BCUT2D eigenvalue weighted by Crippen LogP contribution is 2.38. The Kier molecular flexibility index (Phi) is 8.84. The maximum atomic E-state index is 13.7. The molecular formula is C30H31N5O7. The van der Waals surface area contributed by atoms with Crippen LogP contribution in [0.5, 0.6) is 17.2 Å². The molecule has 4 aromatic rings. The van der Waals surface area contributed by atoms with E-state index in [1.807, 2.05) is 32.9 Å². The third-order valence-corrected chi connectivity index (χ3v) is 6.43. The van der Waals surface area contributed by atoms with Crippen molar-refractivity contribution in [2.45, 2.75) is 33.6 Å². The predicted molar refractivity (Wildman–Crippen MR) is 159 cm³/mol. The maximum Gasteiger partial charge on any atom is 0.315 e. The van der Waals surface area contributed by atoms with Gasteiger partial charge in [0.05, 0.1) is 35.8 Å². The van der Waals surface area contributed by atoms with Crippen LogP contribution in [0.15, 0.2) is 58.4 Å². The number of aromatic nitrogens is 2. The number of amides is 1. The molecule has 0 radical (unpaired) electrons. The van der Waals surface area contributed by atoms with E-state index in [0.717, 1.165) is 16.9 Å². The molecule has 2 N–H and O–H groups in total. The van der Waals surface area contributed by atoms with Crippen LogP contribution in [0.25, 0.3) is 22.3 Å². The fourth-order valence-electron chi connectivity index (χ4n) is 4.47. The zero-order chi connectivity index (χ0) is 30.6. The average molecular weight is 574 g/mol. The van der Waals surface area contributed by atoms with Gasteiger partial charge in [-0.15, -0.1) is 0 Å². The van der Waals surface area contributed by atoms with Gasteiger partial charge in [-0.2, -0.15) is 9.78 Å². The van der Waals surface area contributed by atoms with Gasteiger partial charge >= 0.3 is 5.69 Å². The van der Waals surface area contributed by atoms with Crippen molar-refractivity contribution in [2.75, 3.05) is 20.3 Å². The Bertz CT molecular complexity index is 1760. The molecule has 0 aliphatic carbocycles. The smallest absolute Gasteiger partial charge is 0.315 e. The van der Waals surface area contributed by atoms with Crippen molar-refractivity contribution in [1.82, 2.24) is 9.66 Å². The van der Waals surface area contributed by atoms with Crippen LogP contribution >= 0.6 is 0 Å². The first-order valence-corrected chi connectivity index (χ1v) is 13.2. The Labute approximate surface area is 241 Å². The molecule has 0 fully saturated rings. The van der Waals surface area contributed by atoms with E-state index in [0.29, 0.717) is 16.5 Å². The maximum absolute atomic E-state index is 13.7. The number of carbonyl (C=O) groups is 1. The van der Waals surface area contributed by atoms with E-state index in [1.165, 1.54) is 23.0 Å². The number of nitro benzene ring substituents is 1. The number of methoxy groups -OCH3 is 1. The number of hydrogen-bond acceptors (Lipinski definition) is 9. The highest BCUT2D eigenvalue weighted by atomic mass is 16.6. The summed E-state index contributed by atoms with van der Waals surface area (Å²) in [6.07, 6.45) is 1.30. The van der Waals surface area contributed by atoms with Gasteiger partial charge in [-0.1, -0.05) is 26.0 Å². The monoisotopic (exact) mass is 573 g/mol. The fraction of sp³-hybridized carbons (Fsp3) is 0.267. The minimum atomic E-state index is -0.803. The van der Waals surface area contributed by atoms with Crippen molar-refractivity contribution in [3.05, 3.63) is 85.7 Å². The molecule has 12 heteroatoms. The SMILES string of the molecule is CCOc1cc(C=Nn2c(-c3cc(C(C)C)c(OC)cc3C)nc3ccccc3c2=O)cc([N+](=O)[O-])c1OCC(N)=O. The standard InChI is InChI=1S/C30H31N5O7/c1-6-41-26-13-19(12-24(35(38)39)28(26)42-16-27(31)36)15-32-34-29(33-23-10-8-7-9-20(23)30(34)37)22-14-21(17(2)3)25(40-5)11-18(22)4/h7-15,17H,6,16H2,1-5H3,(H2,31,36). The first-order valence-electron chi connectivity index (χ1n) is 13.2. The van der Waals surface area contributed by atoms with Crippen LogP contribution in [-0.2, 0) is 4.79 Å². The lowest BCUT2D eigenvalue weighted by Gasteiger charge is -2.17. The van der Waals surface area contributed by atoms with E-state index in [9.17, 15) is 19.7 Å². The van der Waals surface area contributed by atoms with Crippen molar-refractivity contribution >= 4 is 28.7 Å². The number of benzene rings is 3. The second-order valence-corrected chi connectivity index (χ2v) is 9.69. The number of nitro groups is 1. The number of ether oxygens (including phenoxy) is 3. The molecule has 0 saturated carbocycles. The van der Waals surface area contributed by atoms with Crippen molar-refractivity contribution in [3.63, 3.8) is 0 Å². The van der Waals surface area contributed by atoms with Crippen LogP contribution in [0.2, 0.25) is 0 Å². The van der Waals surface area contributed by atoms with Crippen LogP contribution in [0, 0.1) is 17.0 Å². The molecule has 0 unspecified atom stereocenters. The minimum Gasteiger partial charge on any atom is -0.496 e. The van der Waals surface area contributed by atoms with Gasteiger partial charge in [0.25, 0.3) is 11.5 Å². The highest BCUT2D eigenvalue weighted by Gasteiger charge is 2.24. The Balaban J connectivity index is 1.95. The molecule has 3 aromatic carbocycles. The van der Waals surface area contributed by atoms with E-state index in [4.69, 9.17) is 24.9 Å². The van der Waals surface area contributed by atoms with Gasteiger partial charge in [0.15, 0.2) is 18.2 Å². The lowest BCUT2D eigenvalue weighted by Crippen LogP contribution is -2.21. The molecule has 12 nitrogen and oxygen atoms in total. The molecule has 4 rings (SSSR count). The molecule has 1 aromatic heterocycles. The summed E-state index contributed by atoms with van der Waals surface area (Å²) >= 11 is 0. The summed E-state index contributed by atoms with van der Waals surface area (Å²) in [6.45, 7) is 7.25. The molecule has 1 heterocycles. The molecule has 0 saturated heterocycles. The summed E-state index contributed by atoms with van der Waals surface area (Å²) in [4.78, 5) is 41.0. The Morgan fingerprint density at radius 1 is 1.17 bits per heavy atom. The lowest BCUT2D eigenvalue weighted by molar-refractivity contribution is -0.385. The summed E-state index contributed by atoms with van der Waals surface area (Å²) in [7, 11) is 1.61. The number of hydrogen-bond donors (Lipinski definition) is 1. The fourth-order valence-corrected chi connectivity index (χ4v) is 4.47. The van der Waals surface area contributed by atoms with Crippen LogP contribution in [0.3, 0.4) is 0 Å². The van der Waals surface area contributed by atoms with Gasteiger partial charge in [0.1, 0.15) is 5.75 Å². The molecule has 0 spiro atoms. The number of para-hydroxylation sites is 1. The zero-order valence-corrected chi connectivity index (χ0v) is 23.9. The number of carbonyl (C=O) groups excluding carboxylic acids is 1. The molecule has 0 bridgehead atoms. The van der Waals surface area contributed by atoms with E-state index in [2.05, 4.69) is 5.10 Å². The van der Waals surface area contributed by atoms with E-state index >= 15 is 0 Å². The van der Waals surface area contributed by atoms with Crippen LogP contribution in [0.1, 0.15) is 43.4 Å². The summed E-state index contributed by atoms with van der Waals surface area (Å²) in [5.41, 5.74) is 7.44. The molecule has 42 heavy (non-hydrogen) atoms. The average Bonchev–Trinajstić information content (AvgIpc) is 2.95. The van der Waals surface area contributed by atoms with Gasteiger partial charge in [0, 0.05) is 17.2 Å². The zero-order valence-electron chi connectivity index (χ0n) is 23.9. The molecule has 1 amide bonds. The summed E-state index contributed by atoms with van der Waals surface area (Å²) in [5, 5.41) is 16.7. The third kappa shape index (κ3) is 6.07. The van der Waals surface area contributed by atoms with Gasteiger partial charge in [-0.25, -0.2) is 4.98 Å². The van der Waals surface area contributed by atoms with Gasteiger partial charge in [-0.05, 0) is 61.2 Å². The number of nitrogens with two attached hydrogens (primary N) is 1. The highest BCUT2D eigenvalue weighted by molar-refractivity contribution is 5.85. The quantitative estimate of drug-likeness (QED) is 0.155. The van der Waals surface area contributed by atoms with Crippen LogP contribution in [0.4, 0.5) is 5.69 Å². The lowest BCUT2D eigenvalue weighted by atomic mass is 9.96. The molecular weight excluding hydrogens is 542 g/mol. The first-order chi connectivity index (χ1) is 20.0. The summed E-state index contributed by atoms with van der Waals surface area (Å²) in [5.74, 6) is 0.111. The molecule has 0 atom stereocenters. The number of nitrogens with zero attached hydrogens (tertiary/aromatic N) is 4. The Hall–Kier alpha value is -5.26. The number of rotatable bonds is 11. The molecule has 218 valence electrons. The number of primary amides is 1. The van der Waals surface area contributed by atoms with Gasteiger partial charge < -0.3 is 19.9 Å². The topological polar surface area (TPSA) is 161 Å². The van der Waals surface area contributed by atoms with E-state index < -0.39 is 28.7 Å². The Morgan fingerprint density at radius 2 is 1.90 bits per heavy atom. The van der Waals surface area contributed by atoms with Crippen molar-refractivity contribution in [1.29, 1.82) is 0 Å². The van der Waals surface area contributed by atoms with E-state index in [1.54, 1.807) is 38.3 Å². The first kappa shape index (κ1) is 29.7. The number of aryl methyl sites for hydroxylation is 1. The Morgan fingerprint density at radius 3 is 2.55 bits per heavy atom. The predicted octanol–water partition coefficient (Wildman–Crippen LogP) is 4.56. The molecule has 0 aliphatic rings. The third-order valence-electron chi connectivity index (χ3n) is 6.43. The largest absolute Gasteiger partial charge is 0.496 e. The van der Waals surface area contributed by atoms with Crippen molar-refractivity contribution in [2.24, 2.45) is 10.8 Å². The minimum absolute atomic E-state index is 0.0196. The summed E-state index contributed by atoms with van der Waals surface area (Å²) in [6, 6.07) is 13.4. The second-order valence-electron chi connectivity index (χ2n) is 9.69. The van der Waals surface area contributed by atoms with Gasteiger partial charge in [-0.3, -0.25) is 19.7 Å². The molecule has 0 aliphatic heterocycles. The van der Waals surface area contributed by atoms with Crippen molar-refractivity contribution in [3.8, 4) is 28.6 Å². The van der Waals surface area contributed by atoms with E-state index in [-0.39, 0.29) is 35.4 Å². The second kappa shape index (κ2) is 12.5. The van der Waals surface area contributed by atoms with Crippen LogP contribution in [-0.4, -0.2) is 47.0 Å². The van der Waals surface area contributed by atoms with Crippen molar-refractivity contribution < 1.29 is 23.9 Å². The van der Waals surface area contributed by atoms with Gasteiger partial charge in [0.2, 0.25) is 5.75 Å². The summed E-state index contributed by atoms with van der Waals surface area (Å²) < 4.78 is 17.6. The van der Waals surface area contributed by atoms with Crippen LogP contribution < -0.4 is 25.5 Å². The number of fused-ring (bicyclic) bond motifs is 1. The normalized spacial score (nSPS) is 11.3.